The average Bonchev–Trinajstić information content (AvgIpc) is 2.30. The van der Waals surface area contributed by atoms with Crippen molar-refractivity contribution in [1.29, 1.82) is 0 Å². The molecule has 0 atom stereocenters. The SMILES string of the molecule is CCCC(=O)NCCCOC1CCNCC1. The number of carbonyl (C=O) groups is 1. The Kier molecular flexibility index (Phi) is 7.17. The lowest BCUT2D eigenvalue weighted by molar-refractivity contribution is -0.121. The zero-order valence-electron chi connectivity index (χ0n) is 10.3. The van der Waals surface area contributed by atoms with Crippen LogP contribution >= 0.6 is 0 Å². The molecule has 0 bridgehead atoms. The normalized spacial score (nSPS) is 17.3. The lowest BCUT2D eigenvalue weighted by atomic mass is 10.1. The van der Waals surface area contributed by atoms with E-state index in [2.05, 4.69) is 10.6 Å². The molecule has 2 N–H and O–H groups in total. The number of amides is 1. The van der Waals surface area contributed by atoms with Crippen molar-refractivity contribution in [2.45, 2.75) is 45.1 Å². The number of hydrogen-bond acceptors (Lipinski definition) is 3. The van der Waals surface area contributed by atoms with Gasteiger partial charge >= 0.3 is 0 Å². The van der Waals surface area contributed by atoms with Gasteiger partial charge in [0.25, 0.3) is 0 Å². The van der Waals surface area contributed by atoms with Gasteiger partial charge in [0, 0.05) is 19.6 Å². The van der Waals surface area contributed by atoms with E-state index < -0.39 is 0 Å². The fourth-order valence-electron chi connectivity index (χ4n) is 1.83. The summed E-state index contributed by atoms with van der Waals surface area (Å²) in [6, 6.07) is 0. The molecular formula is C12H24N2O2. The summed E-state index contributed by atoms with van der Waals surface area (Å²) in [4.78, 5) is 11.1. The summed E-state index contributed by atoms with van der Waals surface area (Å²) in [5.41, 5.74) is 0. The van der Waals surface area contributed by atoms with Crippen molar-refractivity contribution >= 4 is 5.91 Å². The topological polar surface area (TPSA) is 50.4 Å². The Labute approximate surface area is 98.1 Å². The van der Waals surface area contributed by atoms with Crippen molar-refractivity contribution in [3.05, 3.63) is 0 Å². The Morgan fingerprint density at radius 3 is 2.88 bits per heavy atom. The predicted octanol–water partition coefficient (Wildman–Crippen LogP) is 1.06. The van der Waals surface area contributed by atoms with E-state index in [-0.39, 0.29) is 5.91 Å². The highest BCUT2D eigenvalue weighted by atomic mass is 16.5. The molecule has 1 amide bonds. The van der Waals surface area contributed by atoms with Gasteiger partial charge in [-0.15, -0.1) is 0 Å². The zero-order chi connectivity index (χ0) is 11.6. The first-order valence-corrected chi connectivity index (χ1v) is 6.42. The predicted molar refractivity (Wildman–Crippen MR) is 64.4 cm³/mol. The number of nitrogens with one attached hydrogen (secondary N) is 2. The fourth-order valence-corrected chi connectivity index (χ4v) is 1.83. The zero-order valence-corrected chi connectivity index (χ0v) is 10.3. The second kappa shape index (κ2) is 8.53. The maximum absolute atomic E-state index is 11.1. The van der Waals surface area contributed by atoms with Crippen LogP contribution in [0.1, 0.15) is 39.0 Å². The van der Waals surface area contributed by atoms with Crippen LogP contribution in [0.5, 0.6) is 0 Å². The molecule has 0 aromatic rings. The number of rotatable bonds is 7. The number of piperidine rings is 1. The van der Waals surface area contributed by atoms with Crippen molar-refractivity contribution in [1.82, 2.24) is 10.6 Å². The van der Waals surface area contributed by atoms with E-state index in [1.54, 1.807) is 0 Å². The molecule has 0 saturated carbocycles. The average molecular weight is 228 g/mol. The van der Waals surface area contributed by atoms with Crippen molar-refractivity contribution in [3.63, 3.8) is 0 Å². The van der Waals surface area contributed by atoms with E-state index in [4.69, 9.17) is 4.74 Å². The lowest BCUT2D eigenvalue weighted by Gasteiger charge is -2.22. The van der Waals surface area contributed by atoms with Gasteiger partial charge in [0.15, 0.2) is 0 Å². The van der Waals surface area contributed by atoms with Crippen molar-refractivity contribution in [2.24, 2.45) is 0 Å². The summed E-state index contributed by atoms with van der Waals surface area (Å²) in [5, 5.41) is 6.20. The lowest BCUT2D eigenvalue weighted by Crippen LogP contribution is -2.33. The molecule has 1 rings (SSSR count). The molecule has 0 unspecified atom stereocenters. The minimum absolute atomic E-state index is 0.157. The van der Waals surface area contributed by atoms with Gasteiger partial charge in [-0.25, -0.2) is 0 Å². The summed E-state index contributed by atoms with van der Waals surface area (Å²) >= 11 is 0. The highest BCUT2D eigenvalue weighted by Gasteiger charge is 2.12. The van der Waals surface area contributed by atoms with Gasteiger partial charge in [-0.1, -0.05) is 6.92 Å². The van der Waals surface area contributed by atoms with Gasteiger partial charge in [0.05, 0.1) is 6.10 Å². The van der Waals surface area contributed by atoms with Crippen LogP contribution in [0.25, 0.3) is 0 Å². The number of hydrogen-bond donors (Lipinski definition) is 2. The third-order valence-electron chi connectivity index (χ3n) is 2.76. The van der Waals surface area contributed by atoms with Crippen LogP contribution in [0.3, 0.4) is 0 Å². The standard InChI is InChI=1S/C12H24N2O2/c1-2-4-12(15)14-7-3-10-16-11-5-8-13-9-6-11/h11,13H,2-10H2,1H3,(H,14,15). The van der Waals surface area contributed by atoms with E-state index in [0.717, 1.165) is 51.9 Å². The van der Waals surface area contributed by atoms with Gasteiger partial charge < -0.3 is 15.4 Å². The molecule has 4 nitrogen and oxygen atoms in total. The molecular weight excluding hydrogens is 204 g/mol. The summed E-state index contributed by atoms with van der Waals surface area (Å²) in [7, 11) is 0. The van der Waals surface area contributed by atoms with Crippen LogP contribution in [0, 0.1) is 0 Å². The summed E-state index contributed by atoms with van der Waals surface area (Å²) < 4.78 is 5.73. The third-order valence-corrected chi connectivity index (χ3v) is 2.76. The summed E-state index contributed by atoms with van der Waals surface area (Å²) in [5.74, 6) is 0.157. The second-order valence-corrected chi connectivity index (χ2v) is 4.27. The maximum Gasteiger partial charge on any atom is 0.219 e. The molecule has 94 valence electrons. The van der Waals surface area contributed by atoms with Crippen LogP contribution < -0.4 is 10.6 Å². The number of ether oxygens (including phenoxy) is 1. The van der Waals surface area contributed by atoms with E-state index >= 15 is 0 Å². The highest BCUT2D eigenvalue weighted by Crippen LogP contribution is 2.06. The Morgan fingerprint density at radius 1 is 1.44 bits per heavy atom. The maximum atomic E-state index is 11.1. The quantitative estimate of drug-likeness (QED) is 0.641. The molecule has 0 radical (unpaired) electrons. The molecule has 0 aromatic carbocycles. The van der Waals surface area contributed by atoms with Crippen LogP contribution in [-0.4, -0.2) is 38.3 Å². The van der Waals surface area contributed by atoms with E-state index in [9.17, 15) is 4.79 Å². The van der Waals surface area contributed by atoms with E-state index in [1.807, 2.05) is 6.92 Å². The largest absolute Gasteiger partial charge is 0.378 e. The molecule has 0 spiro atoms. The Bertz CT molecular complexity index is 191. The van der Waals surface area contributed by atoms with Crippen molar-refractivity contribution in [3.8, 4) is 0 Å². The van der Waals surface area contributed by atoms with Crippen LogP contribution in [0.2, 0.25) is 0 Å². The van der Waals surface area contributed by atoms with Crippen LogP contribution in [0.4, 0.5) is 0 Å². The first-order chi connectivity index (χ1) is 7.83. The monoisotopic (exact) mass is 228 g/mol. The minimum Gasteiger partial charge on any atom is -0.378 e. The molecule has 1 aliphatic rings. The summed E-state index contributed by atoms with van der Waals surface area (Å²) in [6.45, 7) is 5.65. The molecule has 0 aromatic heterocycles. The highest BCUT2D eigenvalue weighted by molar-refractivity contribution is 5.75. The first-order valence-electron chi connectivity index (χ1n) is 6.42. The van der Waals surface area contributed by atoms with E-state index in [0.29, 0.717) is 12.5 Å². The Morgan fingerprint density at radius 2 is 2.19 bits per heavy atom. The molecule has 1 aliphatic heterocycles. The van der Waals surface area contributed by atoms with Crippen LogP contribution in [0.15, 0.2) is 0 Å². The second-order valence-electron chi connectivity index (χ2n) is 4.27. The first kappa shape index (κ1) is 13.5. The Balaban J connectivity index is 1.89. The van der Waals surface area contributed by atoms with Gasteiger partial charge in [-0.2, -0.15) is 0 Å². The third kappa shape index (κ3) is 6.08. The fraction of sp³-hybridized carbons (Fsp3) is 0.917. The number of carbonyl (C=O) groups excluding carboxylic acids is 1. The Hall–Kier alpha value is -0.610. The van der Waals surface area contributed by atoms with Crippen molar-refractivity contribution < 1.29 is 9.53 Å². The smallest absolute Gasteiger partial charge is 0.219 e. The summed E-state index contributed by atoms with van der Waals surface area (Å²) in [6.07, 6.45) is 5.11. The molecule has 4 heteroatoms. The molecule has 1 heterocycles. The molecule has 1 saturated heterocycles. The van der Waals surface area contributed by atoms with Gasteiger partial charge in [0.2, 0.25) is 5.91 Å². The minimum atomic E-state index is 0.157. The van der Waals surface area contributed by atoms with Crippen LogP contribution in [-0.2, 0) is 9.53 Å². The van der Waals surface area contributed by atoms with Gasteiger partial charge in [0.1, 0.15) is 0 Å². The molecule has 16 heavy (non-hydrogen) atoms. The van der Waals surface area contributed by atoms with Crippen molar-refractivity contribution in [2.75, 3.05) is 26.2 Å². The molecule has 1 fully saturated rings. The van der Waals surface area contributed by atoms with E-state index in [1.165, 1.54) is 0 Å². The molecule has 0 aliphatic carbocycles. The van der Waals surface area contributed by atoms with Gasteiger partial charge in [-0.05, 0) is 38.8 Å². The van der Waals surface area contributed by atoms with Gasteiger partial charge in [-0.3, -0.25) is 4.79 Å².